The Labute approximate surface area is 179 Å². The van der Waals surface area contributed by atoms with Crippen LogP contribution in [0, 0.1) is 5.92 Å². The van der Waals surface area contributed by atoms with Crippen LogP contribution < -0.4 is 16.1 Å². The maximum Gasteiger partial charge on any atom is 0.338 e. The molecular weight excluding hydrogens is 398 g/mol. The molecule has 31 heavy (non-hydrogen) atoms. The van der Waals surface area contributed by atoms with Crippen molar-refractivity contribution >= 4 is 28.8 Å². The summed E-state index contributed by atoms with van der Waals surface area (Å²) in [6, 6.07) is 7.13. The number of benzene rings is 1. The van der Waals surface area contributed by atoms with Crippen LogP contribution in [-0.4, -0.2) is 37.8 Å². The first kappa shape index (κ1) is 20.9. The molecule has 0 N–H and O–H groups in total. The average molecular weight is 425 g/mol. The first-order valence-corrected chi connectivity index (χ1v) is 10.6. The third kappa shape index (κ3) is 3.54. The summed E-state index contributed by atoms with van der Waals surface area (Å²) in [4.78, 5) is 44.6. The van der Waals surface area contributed by atoms with Crippen molar-refractivity contribution in [1.29, 1.82) is 0 Å². The van der Waals surface area contributed by atoms with E-state index >= 15 is 0 Å². The minimum absolute atomic E-state index is 0.168. The van der Waals surface area contributed by atoms with Gasteiger partial charge in [-0.2, -0.15) is 4.98 Å². The lowest BCUT2D eigenvalue weighted by molar-refractivity contribution is 0.0526. The topological polar surface area (TPSA) is 91.4 Å². The number of rotatable bonds is 5. The van der Waals surface area contributed by atoms with Crippen LogP contribution in [0.15, 0.2) is 33.9 Å². The van der Waals surface area contributed by atoms with Crippen molar-refractivity contribution in [3.63, 3.8) is 0 Å². The standard InChI is InChI=1S/C22H27N5O4/c1-5-31-20(29)15-7-9-16(10-8-15)25-11-6-12-26-17-18(23-21(25)26)24(4)22(30)27(19(17)28)13-14(2)3/h7-10,14H,5-6,11-13H2,1-4H3. The molecule has 0 atom stereocenters. The van der Waals surface area contributed by atoms with E-state index in [-0.39, 0.29) is 23.1 Å². The fourth-order valence-electron chi connectivity index (χ4n) is 4.03. The molecular formula is C22H27N5O4. The average Bonchev–Trinajstić information content (AvgIpc) is 3.15. The van der Waals surface area contributed by atoms with Crippen molar-refractivity contribution in [2.45, 2.75) is 40.3 Å². The van der Waals surface area contributed by atoms with Gasteiger partial charge in [0.2, 0.25) is 5.95 Å². The molecule has 9 heteroatoms. The number of aromatic nitrogens is 4. The first-order valence-electron chi connectivity index (χ1n) is 10.6. The van der Waals surface area contributed by atoms with Gasteiger partial charge in [-0.25, -0.2) is 9.59 Å². The van der Waals surface area contributed by atoms with E-state index in [1.165, 1.54) is 9.13 Å². The fraction of sp³-hybridized carbons (Fsp3) is 0.455. The molecule has 1 aliphatic rings. The van der Waals surface area contributed by atoms with Gasteiger partial charge in [0.05, 0.1) is 12.2 Å². The molecule has 3 aromatic rings. The van der Waals surface area contributed by atoms with Crippen LogP contribution in [0.2, 0.25) is 0 Å². The van der Waals surface area contributed by atoms with Crippen LogP contribution >= 0.6 is 0 Å². The van der Waals surface area contributed by atoms with Gasteiger partial charge in [-0.3, -0.25) is 13.9 Å². The number of ether oxygens (including phenoxy) is 1. The zero-order valence-corrected chi connectivity index (χ0v) is 18.3. The molecule has 0 aliphatic carbocycles. The molecule has 0 fully saturated rings. The zero-order chi connectivity index (χ0) is 22.3. The summed E-state index contributed by atoms with van der Waals surface area (Å²) in [5.74, 6) is 0.432. The van der Waals surface area contributed by atoms with E-state index in [1.54, 1.807) is 26.1 Å². The minimum Gasteiger partial charge on any atom is -0.462 e. The molecule has 1 aromatic carbocycles. The Morgan fingerprint density at radius 3 is 2.52 bits per heavy atom. The van der Waals surface area contributed by atoms with E-state index in [9.17, 15) is 14.4 Å². The molecule has 0 saturated heterocycles. The largest absolute Gasteiger partial charge is 0.462 e. The molecule has 0 bridgehead atoms. The number of carbonyl (C=O) groups is 1. The number of fused-ring (bicyclic) bond motifs is 3. The lowest BCUT2D eigenvalue weighted by Gasteiger charge is -2.29. The van der Waals surface area contributed by atoms with E-state index in [4.69, 9.17) is 4.74 Å². The number of aryl methyl sites for hydroxylation is 2. The van der Waals surface area contributed by atoms with E-state index in [1.807, 2.05) is 35.4 Å². The molecule has 0 unspecified atom stereocenters. The summed E-state index contributed by atoms with van der Waals surface area (Å²) in [7, 11) is 1.65. The summed E-state index contributed by atoms with van der Waals surface area (Å²) < 4.78 is 9.70. The molecule has 4 rings (SSSR count). The highest BCUT2D eigenvalue weighted by Gasteiger charge is 2.27. The zero-order valence-electron chi connectivity index (χ0n) is 18.3. The molecule has 0 spiro atoms. The van der Waals surface area contributed by atoms with Crippen LogP contribution in [0.4, 0.5) is 11.6 Å². The summed E-state index contributed by atoms with van der Waals surface area (Å²) in [5.41, 5.74) is 1.52. The molecule has 2 aromatic heterocycles. The van der Waals surface area contributed by atoms with Crippen molar-refractivity contribution in [1.82, 2.24) is 18.7 Å². The van der Waals surface area contributed by atoms with Crippen LogP contribution in [0.5, 0.6) is 0 Å². The van der Waals surface area contributed by atoms with Gasteiger partial charge in [0.1, 0.15) is 0 Å². The van der Waals surface area contributed by atoms with Gasteiger partial charge in [-0.05, 0) is 43.5 Å². The maximum absolute atomic E-state index is 13.2. The lowest BCUT2D eigenvalue weighted by atomic mass is 10.2. The number of esters is 1. The van der Waals surface area contributed by atoms with Crippen molar-refractivity contribution in [2.75, 3.05) is 18.1 Å². The number of nitrogens with zero attached hydrogens (tertiary/aromatic N) is 5. The summed E-state index contributed by atoms with van der Waals surface area (Å²) in [5, 5.41) is 0. The predicted molar refractivity (Wildman–Crippen MR) is 118 cm³/mol. The van der Waals surface area contributed by atoms with Gasteiger partial charge in [-0.1, -0.05) is 13.8 Å². The normalized spacial score (nSPS) is 13.6. The van der Waals surface area contributed by atoms with Crippen molar-refractivity contribution in [3.8, 4) is 0 Å². The smallest absolute Gasteiger partial charge is 0.338 e. The van der Waals surface area contributed by atoms with Gasteiger partial charge < -0.3 is 14.2 Å². The highest BCUT2D eigenvalue weighted by Crippen LogP contribution is 2.31. The van der Waals surface area contributed by atoms with Crippen LogP contribution in [0.1, 0.15) is 37.6 Å². The number of hydrogen-bond donors (Lipinski definition) is 0. The Balaban J connectivity index is 1.82. The van der Waals surface area contributed by atoms with Crippen molar-refractivity contribution in [3.05, 3.63) is 50.7 Å². The Morgan fingerprint density at radius 2 is 1.87 bits per heavy atom. The van der Waals surface area contributed by atoms with Crippen molar-refractivity contribution < 1.29 is 9.53 Å². The summed E-state index contributed by atoms with van der Waals surface area (Å²) in [6.45, 7) is 7.78. The Hall–Kier alpha value is -3.36. The predicted octanol–water partition coefficient (Wildman–Crippen LogP) is 2.27. The summed E-state index contributed by atoms with van der Waals surface area (Å²) in [6.07, 6.45) is 0.824. The van der Waals surface area contributed by atoms with Crippen LogP contribution in [0.25, 0.3) is 11.2 Å². The molecule has 9 nitrogen and oxygen atoms in total. The minimum atomic E-state index is -0.361. The van der Waals surface area contributed by atoms with Gasteiger partial charge in [0.25, 0.3) is 5.56 Å². The Morgan fingerprint density at radius 1 is 1.16 bits per heavy atom. The Kier molecular flexibility index (Phi) is 5.43. The fourth-order valence-corrected chi connectivity index (χ4v) is 4.03. The second kappa shape index (κ2) is 8.05. The summed E-state index contributed by atoms with van der Waals surface area (Å²) >= 11 is 0. The van der Waals surface area contributed by atoms with E-state index in [0.717, 1.165) is 18.7 Å². The monoisotopic (exact) mass is 425 g/mol. The molecule has 0 radical (unpaired) electrons. The SMILES string of the molecule is CCOC(=O)c1ccc(N2CCCn3c2nc2c3c(=O)n(CC(C)C)c(=O)n2C)cc1. The van der Waals surface area contributed by atoms with E-state index in [2.05, 4.69) is 4.98 Å². The van der Waals surface area contributed by atoms with Gasteiger partial charge >= 0.3 is 11.7 Å². The highest BCUT2D eigenvalue weighted by atomic mass is 16.5. The molecule has 0 saturated carbocycles. The van der Waals surface area contributed by atoms with Crippen molar-refractivity contribution in [2.24, 2.45) is 13.0 Å². The van der Waals surface area contributed by atoms with E-state index < -0.39 is 0 Å². The molecule has 164 valence electrons. The lowest BCUT2D eigenvalue weighted by Crippen LogP contribution is -2.40. The first-order chi connectivity index (χ1) is 14.8. The van der Waals surface area contributed by atoms with Gasteiger partial charge in [0, 0.05) is 32.4 Å². The number of anilines is 2. The number of imidazole rings is 1. The van der Waals surface area contributed by atoms with Gasteiger partial charge in [0.15, 0.2) is 11.2 Å². The quantitative estimate of drug-likeness (QED) is 0.583. The Bertz CT molecular complexity index is 1250. The number of carbonyl (C=O) groups excluding carboxylic acids is 1. The van der Waals surface area contributed by atoms with Crippen LogP contribution in [-0.2, 0) is 24.9 Å². The second-order valence-electron chi connectivity index (χ2n) is 8.16. The van der Waals surface area contributed by atoms with Gasteiger partial charge in [-0.15, -0.1) is 0 Å². The molecule has 1 aliphatic heterocycles. The third-order valence-electron chi connectivity index (χ3n) is 5.46. The van der Waals surface area contributed by atoms with E-state index in [0.29, 0.717) is 42.4 Å². The molecule has 0 amide bonds. The highest BCUT2D eigenvalue weighted by molar-refractivity contribution is 5.90. The van der Waals surface area contributed by atoms with Crippen LogP contribution in [0.3, 0.4) is 0 Å². The number of hydrogen-bond acceptors (Lipinski definition) is 6. The molecule has 3 heterocycles. The third-order valence-corrected chi connectivity index (χ3v) is 5.46. The maximum atomic E-state index is 13.2. The second-order valence-corrected chi connectivity index (χ2v) is 8.16.